The van der Waals surface area contributed by atoms with Gasteiger partial charge >= 0.3 is 11.9 Å². The first-order chi connectivity index (χ1) is 18.4. The third-order valence-corrected chi connectivity index (χ3v) is 5.92. The van der Waals surface area contributed by atoms with Crippen LogP contribution in [0.2, 0.25) is 0 Å². The van der Waals surface area contributed by atoms with Crippen molar-refractivity contribution in [1.29, 1.82) is 5.26 Å². The number of nitrogens with two attached hydrogens (primary N) is 1. The number of nitriles is 1. The number of aromatic nitrogens is 1. The Kier molecular flexibility index (Phi) is 7.49. The SMILES string of the molecule is COC(=O)C1=C(C(=O)OC)N(c2ccc(NC(=O)c3cccnc3)cc2)C(N)=C(C#N)C1c1ccccc1. The lowest BCUT2D eigenvalue weighted by atomic mass is 9.81. The number of amides is 1. The van der Waals surface area contributed by atoms with Crippen LogP contribution in [0.15, 0.2) is 102 Å². The van der Waals surface area contributed by atoms with Gasteiger partial charge in [0.25, 0.3) is 5.91 Å². The highest BCUT2D eigenvalue weighted by molar-refractivity contribution is 6.07. The fraction of sp³-hybridized carbons (Fsp3) is 0.107. The number of hydrogen-bond donors (Lipinski definition) is 2. The zero-order chi connectivity index (χ0) is 27.2. The van der Waals surface area contributed by atoms with E-state index in [1.165, 1.54) is 25.3 Å². The number of rotatable bonds is 6. The molecule has 2 aromatic carbocycles. The van der Waals surface area contributed by atoms with Crippen molar-refractivity contribution in [1.82, 2.24) is 4.98 Å². The number of allylic oxidation sites excluding steroid dienone is 1. The monoisotopic (exact) mass is 509 g/mol. The molecule has 190 valence electrons. The van der Waals surface area contributed by atoms with E-state index in [0.29, 0.717) is 22.5 Å². The maximum Gasteiger partial charge on any atom is 0.355 e. The van der Waals surface area contributed by atoms with Crippen molar-refractivity contribution in [3.63, 3.8) is 0 Å². The molecule has 1 aromatic heterocycles. The first kappa shape index (κ1) is 25.7. The minimum Gasteiger partial charge on any atom is -0.466 e. The van der Waals surface area contributed by atoms with Gasteiger partial charge in [-0.05, 0) is 42.0 Å². The molecule has 0 spiro atoms. The molecular weight excluding hydrogens is 486 g/mol. The average Bonchev–Trinajstić information content (AvgIpc) is 2.97. The Labute approximate surface area is 218 Å². The maximum atomic E-state index is 13.1. The van der Waals surface area contributed by atoms with Gasteiger partial charge in [0.05, 0.1) is 42.9 Å². The number of anilines is 2. The van der Waals surface area contributed by atoms with Crippen LogP contribution < -0.4 is 16.0 Å². The molecule has 0 saturated heterocycles. The van der Waals surface area contributed by atoms with Crippen LogP contribution in [0.1, 0.15) is 21.8 Å². The predicted octanol–water partition coefficient (Wildman–Crippen LogP) is 3.23. The zero-order valence-corrected chi connectivity index (χ0v) is 20.5. The Hall–Kier alpha value is -5.43. The summed E-state index contributed by atoms with van der Waals surface area (Å²) < 4.78 is 10.0. The second kappa shape index (κ2) is 11.1. The Bertz CT molecular complexity index is 1480. The van der Waals surface area contributed by atoms with Crippen LogP contribution in [0.5, 0.6) is 0 Å². The van der Waals surface area contributed by atoms with Gasteiger partial charge in [-0.15, -0.1) is 0 Å². The number of carbonyl (C=O) groups excluding carboxylic acids is 3. The van der Waals surface area contributed by atoms with E-state index in [1.807, 2.05) is 0 Å². The molecule has 10 heteroatoms. The molecule has 1 aliphatic heterocycles. The number of nitrogens with zero attached hydrogens (tertiary/aromatic N) is 3. The van der Waals surface area contributed by atoms with Gasteiger partial charge in [0.2, 0.25) is 0 Å². The highest BCUT2D eigenvalue weighted by atomic mass is 16.5. The summed E-state index contributed by atoms with van der Waals surface area (Å²) >= 11 is 0. The van der Waals surface area contributed by atoms with E-state index in [1.54, 1.807) is 72.9 Å². The summed E-state index contributed by atoms with van der Waals surface area (Å²) in [6, 6.07) is 20.5. The van der Waals surface area contributed by atoms with Crippen LogP contribution in [0.25, 0.3) is 0 Å². The Morgan fingerprint density at radius 3 is 2.24 bits per heavy atom. The number of nitrogens with one attached hydrogen (secondary N) is 1. The Balaban J connectivity index is 1.83. The summed E-state index contributed by atoms with van der Waals surface area (Å²) in [6.07, 6.45) is 3.01. The summed E-state index contributed by atoms with van der Waals surface area (Å²) in [7, 11) is 2.36. The van der Waals surface area contributed by atoms with Gasteiger partial charge in [0.15, 0.2) is 0 Å². The lowest BCUT2D eigenvalue weighted by Crippen LogP contribution is -2.40. The van der Waals surface area contributed by atoms with Crippen LogP contribution in [0.4, 0.5) is 11.4 Å². The first-order valence-corrected chi connectivity index (χ1v) is 11.4. The number of carbonyl (C=O) groups is 3. The van der Waals surface area contributed by atoms with Crippen LogP contribution in [-0.2, 0) is 19.1 Å². The number of hydrogen-bond acceptors (Lipinski definition) is 9. The molecular formula is C28H23N5O5. The summed E-state index contributed by atoms with van der Waals surface area (Å²) in [5.41, 5.74) is 8.03. The van der Waals surface area contributed by atoms with Crippen molar-refractivity contribution in [3.8, 4) is 6.07 Å². The molecule has 0 radical (unpaired) electrons. The first-order valence-electron chi connectivity index (χ1n) is 11.4. The fourth-order valence-corrected chi connectivity index (χ4v) is 4.18. The summed E-state index contributed by atoms with van der Waals surface area (Å²) in [4.78, 5) is 43.9. The molecule has 4 rings (SSSR count). The van der Waals surface area contributed by atoms with Gasteiger partial charge in [0, 0.05) is 23.8 Å². The highest BCUT2D eigenvalue weighted by Crippen LogP contribution is 2.43. The molecule has 0 aliphatic carbocycles. The molecule has 0 fully saturated rings. The van der Waals surface area contributed by atoms with Crippen molar-refractivity contribution >= 4 is 29.2 Å². The standard InChI is InChI=1S/C28H23N5O5/c1-37-27(35)23-22(17-7-4-3-5-8-17)21(15-29)25(30)33(24(23)28(36)38-2)20-12-10-19(11-13-20)32-26(34)18-9-6-14-31-16-18/h3-14,16,22H,30H2,1-2H3,(H,32,34). The lowest BCUT2D eigenvalue weighted by molar-refractivity contribution is -0.139. The largest absolute Gasteiger partial charge is 0.466 e. The van der Waals surface area contributed by atoms with E-state index in [2.05, 4.69) is 16.4 Å². The average molecular weight is 510 g/mol. The second-order valence-corrected chi connectivity index (χ2v) is 8.08. The van der Waals surface area contributed by atoms with E-state index < -0.39 is 17.9 Å². The van der Waals surface area contributed by atoms with Crippen molar-refractivity contribution in [2.45, 2.75) is 5.92 Å². The molecule has 1 atom stereocenters. The lowest BCUT2D eigenvalue weighted by Gasteiger charge is -2.35. The van der Waals surface area contributed by atoms with Gasteiger partial charge in [-0.3, -0.25) is 14.7 Å². The number of benzene rings is 2. The number of pyridine rings is 1. The number of esters is 2. The van der Waals surface area contributed by atoms with Crippen molar-refractivity contribution in [2.24, 2.45) is 5.73 Å². The molecule has 0 bridgehead atoms. The molecule has 10 nitrogen and oxygen atoms in total. The van der Waals surface area contributed by atoms with E-state index in [0.717, 1.165) is 0 Å². The zero-order valence-electron chi connectivity index (χ0n) is 20.5. The van der Waals surface area contributed by atoms with Crippen LogP contribution in [0, 0.1) is 11.3 Å². The molecule has 1 amide bonds. The minimum atomic E-state index is -0.961. The van der Waals surface area contributed by atoms with Crippen LogP contribution in [-0.4, -0.2) is 37.0 Å². The molecule has 0 saturated carbocycles. The predicted molar refractivity (Wildman–Crippen MR) is 138 cm³/mol. The Morgan fingerprint density at radius 2 is 1.66 bits per heavy atom. The van der Waals surface area contributed by atoms with E-state index in [-0.39, 0.29) is 28.6 Å². The van der Waals surface area contributed by atoms with Crippen LogP contribution in [0.3, 0.4) is 0 Å². The topological polar surface area (TPSA) is 148 Å². The summed E-state index contributed by atoms with van der Waals surface area (Å²) in [5.74, 6) is -3.03. The quantitative estimate of drug-likeness (QED) is 0.478. The van der Waals surface area contributed by atoms with Crippen LogP contribution >= 0.6 is 0 Å². The Morgan fingerprint density at radius 1 is 0.974 bits per heavy atom. The molecule has 3 aromatic rings. The number of ether oxygens (including phenoxy) is 2. The summed E-state index contributed by atoms with van der Waals surface area (Å²) in [5, 5.41) is 12.9. The van der Waals surface area contributed by atoms with Gasteiger partial charge < -0.3 is 20.5 Å². The van der Waals surface area contributed by atoms with Gasteiger partial charge in [-0.2, -0.15) is 5.26 Å². The minimum absolute atomic E-state index is 0.0539. The van der Waals surface area contributed by atoms with E-state index in [4.69, 9.17) is 15.2 Å². The van der Waals surface area contributed by atoms with Crippen molar-refractivity contribution in [3.05, 3.63) is 113 Å². The van der Waals surface area contributed by atoms with E-state index >= 15 is 0 Å². The third kappa shape index (κ3) is 4.81. The van der Waals surface area contributed by atoms with Crippen molar-refractivity contribution in [2.75, 3.05) is 24.4 Å². The second-order valence-electron chi connectivity index (χ2n) is 8.08. The van der Waals surface area contributed by atoms with Gasteiger partial charge in [-0.1, -0.05) is 30.3 Å². The third-order valence-electron chi connectivity index (χ3n) is 5.92. The number of methoxy groups -OCH3 is 2. The molecule has 2 heterocycles. The van der Waals surface area contributed by atoms with E-state index in [9.17, 15) is 19.6 Å². The van der Waals surface area contributed by atoms with Gasteiger partial charge in [0.1, 0.15) is 11.5 Å². The normalized spacial score (nSPS) is 15.0. The molecule has 1 unspecified atom stereocenters. The van der Waals surface area contributed by atoms with Crippen molar-refractivity contribution < 1.29 is 23.9 Å². The van der Waals surface area contributed by atoms with Gasteiger partial charge in [-0.25, -0.2) is 9.59 Å². The highest BCUT2D eigenvalue weighted by Gasteiger charge is 2.42. The smallest absolute Gasteiger partial charge is 0.355 e. The molecule has 1 aliphatic rings. The summed E-state index contributed by atoms with van der Waals surface area (Å²) in [6.45, 7) is 0. The molecule has 38 heavy (non-hydrogen) atoms. The maximum absolute atomic E-state index is 13.1. The molecule has 3 N–H and O–H groups in total. The fourth-order valence-electron chi connectivity index (χ4n) is 4.18.